The van der Waals surface area contributed by atoms with Crippen molar-refractivity contribution >= 4 is 23.5 Å². The number of aliphatic carboxylic acids is 1. The Labute approximate surface area is 133 Å². The van der Waals surface area contributed by atoms with Gasteiger partial charge >= 0.3 is 5.97 Å². The van der Waals surface area contributed by atoms with Crippen LogP contribution in [0.2, 0.25) is 0 Å². The van der Waals surface area contributed by atoms with Crippen LogP contribution in [0.4, 0.5) is 10.1 Å². The predicted molar refractivity (Wildman–Crippen MR) is 81.6 cm³/mol. The maximum absolute atomic E-state index is 14.0. The van der Waals surface area contributed by atoms with E-state index in [0.717, 1.165) is 18.9 Å². The van der Waals surface area contributed by atoms with Gasteiger partial charge in [-0.2, -0.15) is 0 Å². The van der Waals surface area contributed by atoms with Crippen LogP contribution in [0.3, 0.4) is 0 Å². The minimum atomic E-state index is -1.00. The predicted octanol–water partition coefficient (Wildman–Crippen LogP) is 2.11. The lowest BCUT2D eigenvalue weighted by molar-refractivity contribution is -0.141. The molecule has 1 unspecified atom stereocenters. The number of carboxylic acids is 1. The van der Waals surface area contributed by atoms with Crippen molar-refractivity contribution in [1.29, 1.82) is 0 Å². The Kier molecular flexibility index (Phi) is 4.98. The molecule has 0 spiro atoms. The van der Waals surface area contributed by atoms with Crippen LogP contribution in [-0.2, 0) is 9.59 Å². The maximum atomic E-state index is 14.0. The van der Waals surface area contributed by atoms with Gasteiger partial charge in [0.25, 0.3) is 5.91 Å². The van der Waals surface area contributed by atoms with Gasteiger partial charge in [-0.3, -0.25) is 14.4 Å². The standard InChI is InChI=1S/C16H19FN2O4/c1-9(16(22)23)8-19(12-4-5-12)15(21)13-7-11(18-10(2)20)3-6-14(13)17/h3,6-7,9,12H,4-5,8H2,1-2H3,(H,18,20)(H,22,23). The normalized spacial score (nSPS) is 14.9. The Morgan fingerprint density at radius 1 is 1.39 bits per heavy atom. The lowest BCUT2D eigenvalue weighted by atomic mass is 10.1. The zero-order valence-corrected chi connectivity index (χ0v) is 13.0. The summed E-state index contributed by atoms with van der Waals surface area (Å²) in [5.74, 6) is -3.31. The van der Waals surface area contributed by atoms with E-state index >= 15 is 0 Å². The lowest BCUT2D eigenvalue weighted by Crippen LogP contribution is -2.39. The number of nitrogens with one attached hydrogen (secondary N) is 1. The molecule has 2 rings (SSSR count). The minimum absolute atomic E-state index is 0.0304. The Morgan fingerprint density at radius 2 is 2.04 bits per heavy atom. The van der Waals surface area contributed by atoms with Crippen molar-refractivity contribution in [3.05, 3.63) is 29.6 Å². The second-order valence-electron chi connectivity index (χ2n) is 5.80. The number of nitrogens with zero attached hydrogens (tertiary/aromatic N) is 1. The molecule has 1 aromatic carbocycles. The number of benzene rings is 1. The molecule has 0 aromatic heterocycles. The number of carbonyl (C=O) groups excluding carboxylic acids is 2. The third kappa shape index (κ3) is 4.28. The Morgan fingerprint density at radius 3 is 2.57 bits per heavy atom. The van der Waals surface area contributed by atoms with Crippen LogP contribution in [0.5, 0.6) is 0 Å². The molecule has 2 N–H and O–H groups in total. The Bertz CT molecular complexity index is 643. The van der Waals surface area contributed by atoms with Crippen LogP contribution in [0.15, 0.2) is 18.2 Å². The summed E-state index contributed by atoms with van der Waals surface area (Å²) in [4.78, 5) is 36.1. The van der Waals surface area contributed by atoms with E-state index in [1.165, 1.54) is 30.9 Å². The Balaban J connectivity index is 2.25. The molecule has 0 heterocycles. The van der Waals surface area contributed by atoms with Crippen molar-refractivity contribution in [1.82, 2.24) is 4.90 Å². The summed E-state index contributed by atoms with van der Waals surface area (Å²) in [6.45, 7) is 2.85. The lowest BCUT2D eigenvalue weighted by Gasteiger charge is -2.25. The topological polar surface area (TPSA) is 86.7 Å². The van der Waals surface area contributed by atoms with Gasteiger partial charge in [-0.1, -0.05) is 6.92 Å². The van der Waals surface area contributed by atoms with Crippen molar-refractivity contribution in [2.75, 3.05) is 11.9 Å². The summed E-state index contributed by atoms with van der Waals surface area (Å²) in [6, 6.07) is 3.71. The first-order chi connectivity index (χ1) is 10.8. The number of carboxylic acid groups (broad SMARTS) is 1. The van der Waals surface area contributed by atoms with Crippen LogP contribution < -0.4 is 5.32 Å². The molecule has 0 aliphatic heterocycles. The van der Waals surface area contributed by atoms with Crippen molar-refractivity contribution in [3.63, 3.8) is 0 Å². The summed E-state index contributed by atoms with van der Waals surface area (Å²) in [7, 11) is 0. The first-order valence-electron chi connectivity index (χ1n) is 7.40. The zero-order chi connectivity index (χ0) is 17.1. The number of hydrogen-bond donors (Lipinski definition) is 2. The Hall–Kier alpha value is -2.44. The van der Waals surface area contributed by atoms with E-state index in [9.17, 15) is 18.8 Å². The average Bonchev–Trinajstić information content (AvgIpc) is 3.29. The second kappa shape index (κ2) is 6.76. The van der Waals surface area contributed by atoms with Gasteiger partial charge in [0.15, 0.2) is 0 Å². The maximum Gasteiger partial charge on any atom is 0.308 e. The molecule has 2 amide bonds. The van der Waals surface area contributed by atoms with Crippen molar-refractivity contribution in [3.8, 4) is 0 Å². The fraction of sp³-hybridized carbons (Fsp3) is 0.438. The molecule has 1 fully saturated rings. The molecular weight excluding hydrogens is 303 g/mol. The van der Waals surface area contributed by atoms with Gasteiger partial charge < -0.3 is 15.3 Å². The minimum Gasteiger partial charge on any atom is -0.481 e. The van der Waals surface area contributed by atoms with Crippen molar-refractivity contribution in [2.45, 2.75) is 32.7 Å². The number of carbonyl (C=O) groups is 3. The monoisotopic (exact) mass is 322 g/mol. The third-order valence-electron chi connectivity index (χ3n) is 3.66. The van der Waals surface area contributed by atoms with E-state index in [-0.39, 0.29) is 24.1 Å². The smallest absolute Gasteiger partial charge is 0.308 e. The summed E-state index contributed by atoms with van der Waals surface area (Å²) in [5.41, 5.74) is 0.157. The zero-order valence-electron chi connectivity index (χ0n) is 13.0. The molecule has 0 radical (unpaired) electrons. The van der Waals surface area contributed by atoms with Gasteiger partial charge in [0.05, 0.1) is 11.5 Å². The molecular formula is C16H19FN2O4. The molecule has 1 aliphatic carbocycles. The van der Waals surface area contributed by atoms with E-state index in [4.69, 9.17) is 5.11 Å². The summed E-state index contributed by atoms with van der Waals surface area (Å²) in [6.07, 6.45) is 1.57. The highest BCUT2D eigenvalue weighted by molar-refractivity contribution is 5.97. The molecule has 124 valence electrons. The van der Waals surface area contributed by atoms with Gasteiger partial charge in [-0.05, 0) is 31.0 Å². The molecule has 1 aliphatic rings. The van der Waals surface area contributed by atoms with E-state index in [1.54, 1.807) is 0 Å². The molecule has 23 heavy (non-hydrogen) atoms. The second-order valence-corrected chi connectivity index (χ2v) is 5.80. The molecule has 6 nitrogen and oxygen atoms in total. The van der Waals surface area contributed by atoms with Gasteiger partial charge in [-0.15, -0.1) is 0 Å². The first-order valence-corrected chi connectivity index (χ1v) is 7.40. The molecule has 1 atom stereocenters. The van der Waals surface area contributed by atoms with Crippen LogP contribution in [0.1, 0.15) is 37.0 Å². The molecule has 7 heteroatoms. The quantitative estimate of drug-likeness (QED) is 0.840. The number of hydrogen-bond acceptors (Lipinski definition) is 3. The molecule has 0 saturated heterocycles. The fourth-order valence-corrected chi connectivity index (χ4v) is 2.28. The van der Waals surface area contributed by atoms with E-state index in [0.29, 0.717) is 5.69 Å². The van der Waals surface area contributed by atoms with Gasteiger partial charge in [0.2, 0.25) is 5.91 Å². The van der Waals surface area contributed by atoms with Crippen LogP contribution in [0, 0.1) is 11.7 Å². The highest BCUT2D eigenvalue weighted by Crippen LogP contribution is 2.30. The summed E-state index contributed by atoms with van der Waals surface area (Å²) < 4.78 is 14.0. The van der Waals surface area contributed by atoms with Crippen LogP contribution in [0.25, 0.3) is 0 Å². The summed E-state index contributed by atoms with van der Waals surface area (Å²) >= 11 is 0. The number of rotatable bonds is 6. The largest absolute Gasteiger partial charge is 0.481 e. The van der Waals surface area contributed by atoms with Crippen molar-refractivity contribution in [2.24, 2.45) is 5.92 Å². The van der Waals surface area contributed by atoms with E-state index < -0.39 is 23.6 Å². The SMILES string of the molecule is CC(=O)Nc1ccc(F)c(C(=O)N(CC(C)C(=O)O)C2CC2)c1. The van der Waals surface area contributed by atoms with Gasteiger partial charge in [-0.25, -0.2) is 4.39 Å². The third-order valence-corrected chi connectivity index (χ3v) is 3.66. The van der Waals surface area contributed by atoms with E-state index in [1.807, 2.05) is 0 Å². The van der Waals surface area contributed by atoms with E-state index in [2.05, 4.69) is 5.32 Å². The van der Waals surface area contributed by atoms with Crippen molar-refractivity contribution < 1.29 is 23.9 Å². The fourth-order valence-electron chi connectivity index (χ4n) is 2.28. The first kappa shape index (κ1) is 16.9. The van der Waals surface area contributed by atoms with Crippen LogP contribution >= 0.6 is 0 Å². The number of anilines is 1. The highest BCUT2D eigenvalue weighted by atomic mass is 19.1. The van der Waals surface area contributed by atoms with Crippen LogP contribution in [-0.4, -0.2) is 40.4 Å². The van der Waals surface area contributed by atoms with Gasteiger partial charge in [0.1, 0.15) is 5.82 Å². The summed E-state index contributed by atoms with van der Waals surface area (Å²) in [5, 5.41) is 11.5. The number of halogens is 1. The molecule has 0 bridgehead atoms. The average molecular weight is 322 g/mol. The highest BCUT2D eigenvalue weighted by Gasteiger charge is 2.35. The molecule has 1 aromatic rings. The van der Waals surface area contributed by atoms with Gasteiger partial charge in [0, 0.05) is 25.2 Å². The number of amides is 2. The molecule has 1 saturated carbocycles.